The summed E-state index contributed by atoms with van der Waals surface area (Å²) in [5.74, 6) is -5.01. The standard InChI is InChI=1S/C17H19F2NO3/c18-17(19)7-5-11(6-8-17)15(21)20-9-12-3-1-2-4-13(12)14(10-20)16(22)23/h1-4,11,14H,5-10H2,(H,22,23)/t14-/m0/s1. The minimum absolute atomic E-state index is 0.109. The van der Waals surface area contributed by atoms with Crippen LogP contribution in [0.3, 0.4) is 0 Å². The molecule has 0 bridgehead atoms. The van der Waals surface area contributed by atoms with E-state index in [0.717, 1.165) is 11.1 Å². The smallest absolute Gasteiger partial charge is 0.312 e. The third-order valence-electron chi connectivity index (χ3n) is 4.87. The van der Waals surface area contributed by atoms with E-state index in [1.165, 1.54) is 4.90 Å². The number of nitrogens with zero attached hydrogens (tertiary/aromatic N) is 1. The van der Waals surface area contributed by atoms with Crippen molar-refractivity contribution in [3.05, 3.63) is 35.4 Å². The van der Waals surface area contributed by atoms with Gasteiger partial charge in [0.1, 0.15) is 0 Å². The van der Waals surface area contributed by atoms with Gasteiger partial charge >= 0.3 is 5.97 Å². The lowest BCUT2D eigenvalue weighted by Crippen LogP contribution is -2.44. The molecule has 124 valence electrons. The van der Waals surface area contributed by atoms with Crippen LogP contribution in [0.15, 0.2) is 24.3 Å². The number of carboxylic acids is 1. The summed E-state index contributed by atoms with van der Waals surface area (Å²) in [5.41, 5.74) is 1.56. The van der Waals surface area contributed by atoms with Crippen LogP contribution in [0.2, 0.25) is 0 Å². The molecule has 1 amide bonds. The molecule has 1 aromatic rings. The van der Waals surface area contributed by atoms with Gasteiger partial charge < -0.3 is 10.0 Å². The molecular weight excluding hydrogens is 304 g/mol. The molecule has 0 spiro atoms. The number of amides is 1. The zero-order valence-electron chi connectivity index (χ0n) is 12.7. The van der Waals surface area contributed by atoms with Crippen LogP contribution in [-0.2, 0) is 16.1 Å². The molecule has 1 aromatic carbocycles. The number of alkyl halides is 2. The van der Waals surface area contributed by atoms with Gasteiger partial charge in [0, 0.05) is 31.8 Å². The predicted octanol–water partition coefficient (Wildman–Crippen LogP) is 3.02. The van der Waals surface area contributed by atoms with Crippen molar-refractivity contribution in [3.63, 3.8) is 0 Å². The minimum atomic E-state index is -2.67. The Morgan fingerprint density at radius 2 is 1.83 bits per heavy atom. The van der Waals surface area contributed by atoms with Crippen molar-refractivity contribution >= 4 is 11.9 Å². The first-order chi connectivity index (χ1) is 10.9. The summed E-state index contributed by atoms with van der Waals surface area (Å²) in [5, 5.41) is 9.43. The molecule has 0 radical (unpaired) electrons. The molecule has 1 atom stereocenters. The molecule has 23 heavy (non-hydrogen) atoms. The van der Waals surface area contributed by atoms with Crippen LogP contribution < -0.4 is 0 Å². The van der Waals surface area contributed by atoms with E-state index in [-0.39, 0.29) is 38.1 Å². The van der Waals surface area contributed by atoms with Crippen LogP contribution in [0.5, 0.6) is 0 Å². The molecular formula is C17H19F2NO3. The maximum Gasteiger partial charge on any atom is 0.312 e. The lowest BCUT2D eigenvalue weighted by molar-refractivity contribution is -0.144. The summed E-state index contributed by atoms with van der Waals surface area (Å²) < 4.78 is 26.5. The van der Waals surface area contributed by atoms with Gasteiger partial charge in [-0.25, -0.2) is 8.78 Å². The number of rotatable bonds is 2. The lowest BCUT2D eigenvalue weighted by Gasteiger charge is -2.36. The van der Waals surface area contributed by atoms with Crippen LogP contribution >= 0.6 is 0 Å². The molecule has 1 heterocycles. The number of carbonyl (C=O) groups is 2. The van der Waals surface area contributed by atoms with Crippen LogP contribution in [0.1, 0.15) is 42.7 Å². The Bertz CT molecular complexity index is 622. The molecule has 1 aliphatic carbocycles. The maximum absolute atomic E-state index is 13.2. The normalized spacial score (nSPS) is 24.1. The van der Waals surface area contributed by atoms with Crippen LogP contribution in [0.4, 0.5) is 8.78 Å². The molecule has 2 aliphatic rings. The van der Waals surface area contributed by atoms with E-state index < -0.39 is 23.7 Å². The molecule has 3 rings (SSSR count). The molecule has 6 heteroatoms. The van der Waals surface area contributed by atoms with Gasteiger partial charge in [-0.2, -0.15) is 0 Å². The Morgan fingerprint density at radius 1 is 1.17 bits per heavy atom. The Balaban J connectivity index is 1.77. The fourth-order valence-electron chi connectivity index (χ4n) is 3.53. The van der Waals surface area contributed by atoms with Crippen LogP contribution in [0.25, 0.3) is 0 Å². The van der Waals surface area contributed by atoms with Gasteiger partial charge in [-0.05, 0) is 24.0 Å². The quantitative estimate of drug-likeness (QED) is 0.910. The number of hydrogen-bond acceptors (Lipinski definition) is 2. The van der Waals surface area contributed by atoms with Gasteiger partial charge in [-0.1, -0.05) is 24.3 Å². The Hall–Kier alpha value is -1.98. The summed E-state index contributed by atoms with van der Waals surface area (Å²) in [6, 6.07) is 7.19. The average molecular weight is 323 g/mol. The largest absolute Gasteiger partial charge is 0.481 e. The third-order valence-corrected chi connectivity index (χ3v) is 4.87. The lowest BCUT2D eigenvalue weighted by atomic mass is 9.84. The van der Waals surface area contributed by atoms with Gasteiger partial charge in [0.2, 0.25) is 11.8 Å². The van der Waals surface area contributed by atoms with Gasteiger partial charge in [0.15, 0.2) is 0 Å². The van der Waals surface area contributed by atoms with Crippen LogP contribution in [0, 0.1) is 5.92 Å². The van der Waals surface area contributed by atoms with E-state index in [1.54, 1.807) is 12.1 Å². The second-order valence-corrected chi connectivity index (χ2v) is 6.44. The molecule has 0 aromatic heterocycles. The van der Waals surface area contributed by atoms with Gasteiger partial charge in [0.05, 0.1) is 5.92 Å². The van der Waals surface area contributed by atoms with E-state index in [0.29, 0.717) is 6.54 Å². The van der Waals surface area contributed by atoms with Crippen molar-refractivity contribution in [1.82, 2.24) is 4.90 Å². The van der Waals surface area contributed by atoms with Gasteiger partial charge in [-0.15, -0.1) is 0 Å². The zero-order chi connectivity index (χ0) is 16.6. The van der Waals surface area contributed by atoms with Crippen molar-refractivity contribution in [2.24, 2.45) is 5.92 Å². The number of carboxylic acid groups (broad SMARTS) is 1. The second-order valence-electron chi connectivity index (χ2n) is 6.44. The van der Waals surface area contributed by atoms with E-state index in [4.69, 9.17) is 0 Å². The Morgan fingerprint density at radius 3 is 2.48 bits per heavy atom. The van der Waals surface area contributed by atoms with Crippen LogP contribution in [-0.4, -0.2) is 34.4 Å². The monoisotopic (exact) mass is 323 g/mol. The minimum Gasteiger partial charge on any atom is -0.481 e. The Kier molecular flexibility index (Phi) is 4.08. The molecule has 1 N–H and O–H groups in total. The summed E-state index contributed by atoms with van der Waals surface area (Å²) >= 11 is 0. The highest BCUT2D eigenvalue weighted by Gasteiger charge is 2.40. The van der Waals surface area contributed by atoms with Crippen molar-refractivity contribution < 1.29 is 23.5 Å². The summed E-state index contributed by atoms with van der Waals surface area (Å²) in [4.78, 5) is 25.7. The second kappa shape index (κ2) is 5.91. The third kappa shape index (κ3) is 3.21. The zero-order valence-corrected chi connectivity index (χ0v) is 12.7. The average Bonchev–Trinajstić information content (AvgIpc) is 2.53. The molecule has 4 nitrogen and oxygen atoms in total. The predicted molar refractivity (Wildman–Crippen MR) is 79.1 cm³/mol. The first-order valence-corrected chi connectivity index (χ1v) is 7.84. The molecule has 1 fully saturated rings. The fraction of sp³-hybridized carbons (Fsp3) is 0.529. The summed E-state index contributed by atoms with van der Waals surface area (Å²) in [7, 11) is 0. The number of halogens is 2. The molecule has 1 saturated carbocycles. The highest BCUT2D eigenvalue weighted by atomic mass is 19.3. The van der Waals surface area contributed by atoms with Gasteiger partial charge in [-0.3, -0.25) is 9.59 Å². The number of hydrogen-bond donors (Lipinski definition) is 1. The topological polar surface area (TPSA) is 57.6 Å². The number of benzene rings is 1. The molecule has 0 saturated heterocycles. The van der Waals surface area contributed by atoms with E-state index in [9.17, 15) is 23.5 Å². The van der Waals surface area contributed by atoms with E-state index >= 15 is 0 Å². The van der Waals surface area contributed by atoms with E-state index in [1.807, 2.05) is 12.1 Å². The number of fused-ring (bicyclic) bond motifs is 1. The molecule has 0 unspecified atom stereocenters. The van der Waals surface area contributed by atoms with Crippen molar-refractivity contribution in [3.8, 4) is 0 Å². The van der Waals surface area contributed by atoms with E-state index in [2.05, 4.69) is 0 Å². The first kappa shape index (κ1) is 15.9. The van der Waals surface area contributed by atoms with Crippen molar-refractivity contribution in [1.29, 1.82) is 0 Å². The van der Waals surface area contributed by atoms with Crippen molar-refractivity contribution in [2.75, 3.05) is 6.54 Å². The Labute approximate surface area is 133 Å². The summed E-state index contributed by atoms with van der Waals surface area (Å²) in [6.07, 6.45) is -0.199. The van der Waals surface area contributed by atoms with Crippen molar-refractivity contribution in [2.45, 2.75) is 44.1 Å². The fourth-order valence-corrected chi connectivity index (χ4v) is 3.53. The number of aliphatic carboxylic acids is 1. The molecule has 1 aliphatic heterocycles. The number of carbonyl (C=O) groups excluding carboxylic acids is 1. The first-order valence-electron chi connectivity index (χ1n) is 7.84. The highest BCUT2D eigenvalue weighted by molar-refractivity contribution is 5.83. The maximum atomic E-state index is 13.2. The summed E-state index contributed by atoms with van der Waals surface area (Å²) in [6.45, 7) is 0.462. The van der Waals surface area contributed by atoms with Gasteiger partial charge in [0.25, 0.3) is 0 Å². The SMILES string of the molecule is O=C(O)[C@H]1CN(C(=O)C2CCC(F)(F)CC2)Cc2ccccc21. The highest BCUT2D eigenvalue weighted by Crippen LogP contribution is 2.38.